The topological polar surface area (TPSA) is 116 Å². The van der Waals surface area contributed by atoms with Crippen LogP contribution in [-0.2, 0) is 37.5 Å². The minimum atomic E-state index is -5.39. The van der Waals surface area contributed by atoms with Crippen LogP contribution in [0.25, 0.3) is 0 Å². The molecule has 0 rings (SSSR count). The van der Waals surface area contributed by atoms with Crippen molar-refractivity contribution in [3.63, 3.8) is 0 Å². The first kappa shape index (κ1) is 23.0. The first-order valence-corrected chi connectivity index (χ1v) is 2.19. The fourth-order valence-electron chi connectivity index (χ4n) is 0. The fraction of sp³-hybridized carbons (Fsp3) is 0. The summed E-state index contributed by atoms with van der Waals surface area (Å²) in [5, 5.41) is 0. The second-order valence-electron chi connectivity index (χ2n) is 0.447. The third kappa shape index (κ3) is 232. The Labute approximate surface area is 65.9 Å². The van der Waals surface area contributed by atoms with E-state index in [0.29, 0.717) is 0 Å². The van der Waals surface area contributed by atoms with Gasteiger partial charge in [-0.05, 0) is 0 Å². The molecule has 8 heavy (non-hydrogen) atoms. The van der Waals surface area contributed by atoms with Gasteiger partial charge >= 0.3 is 33.0 Å². The predicted molar refractivity (Wildman–Crippen MR) is 9.54 cm³/mol. The molecule has 0 bridgehead atoms. The van der Waals surface area contributed by atoms with Crippen molar-refractivity contribution in [2.45, 2.75) is 0 Å². The van der Waals surface area contributed by atoms with Crippen molar-refractivity contribution < 1.29 is 57.7 Å². The summed E-state index contributed by atoms with van der Waals surface area (Å²) in [5.41, 5.74) is 0. The van der Waals surface area contributed by atoms with E-state index in [4.69, 9.17) is 19.2 Å². The van der Waals surface area contributed by atoms with E-state index >= 15 is 0 Å². The van der Waals surface area contributed by atoms with Crippen molar-refractivity contribution >= 4 is 7.82 Å². The summed E-state index contributed by atoms with van der Waals surface area (Å²) >= 11 is 0. The molecule has 0 saturated carbocycles. The van der Waals surface area contributed by atoms with E-state index in [2.05, 4.69) is 0 Å². The molecule has 0 radical (unpaired) electrons. The van der Waals surface area contributed by atoms with Gasteiger partial charge in [-0.2, -0.15) is 7.82 Å². The average Bonchev–Trinajstić information content (AvgIpc) is 0.722. The number of hydrogen-bond donors (Lipinski definition) is 0. The zero-order chi connectivity index (χ0) is 4.50. The molecule has 0 atom stereocenters. The van der Waals surface area contributed by atoms with E-state index in [9.17, 15) is 0 Å². The smallest absolute Gasteiger partial charge is 0.870 e. The maximum Gasteiger partial charge on any atom is 2.00 e. The molecular formula is HNi2O5P. The molecular weight excluding hydrogens is 228 g/mol. The van der Waals surface area contributed by atoms with Crippen molar-refractivity contribution in [1.82, 2.24) is 0 Å². The molecule has 0 aliphatic carbocycles. The monoisotopic (exact) mass is 228 g/mol. The quantitative estimate of drug-likeness (QED) is 0.324. The molecule has 0 unspecified atom stereocenters. The van der Waals surface area contributed by atoms with Gasteiger partial charge in [0.2, 0.25) is 0 Å². The van der Waals surface area contributed by atoms with Crippen LogP contribution in [0.3, 0.4) is 0 Å². The standard InChI is InChI=1S/2Ni.H3O4P.H2O/c;;1-5(2,3)4;/h;;(H3,1,2,3,4);1H2/q2*+2;;/p-4. The minimum Gasteiger partial charge on any atom is -0.870 e. The fourth-order valence-corrected chi connectivity index (χ4v) is 0. The normalized spacial score (nSPS) is 7.38. The molecule has 0 aliphatic rings. The largest absolute Gasteiger partial charge is 2.00 e. The molecule has 0 heterocycles. The van der Waals surface area contributed by atoms with E-state index in [-0.39, 0.29) is 38.5 Å². The Kier molecular flexibility index (Phi) is 23.2. The molecule has 0 aromatic rings. The molecule has 1 N–H and O–H groups in total. The number of phosphoric acid groups is 1. The van der Waals surface area contributed by atoms with Crippen molar-refractivity contribution in [3.8, 4) is 0 Å². The van der Waals surface area contributed by atoms with Crippen LogP contribution in [0.2, 0.25) is 0 Å². The Morgan fingerprint density at radius 3 is 1.00 bits per heavy atom. The Morgan fingerprint density at radius 2 is 1.00 bits per heavy atom. The summed E-state index contributed by atoms with van der Waals surface area (Å²) in [6.07, 6.45) is 0. The summed E-state index contributed by atoms with van der Waals surface area (Å²) in [4.78, 5) is 25.6. The van der Waals surface area contributed by atoms with Gasteiger partial charge in [-0.15, -0.1) is 0 Å². The zero-order valence-electron chi connectivity index (χ0n) is 3.16. The molecule has 5 nitrogen and oxygen atoms in total. The Hall–Kier alpha value is 1.06. The van der Waals surface area contributed by atoms with Crippen molar-refractivity contribution in [2.75, 3.05) is 0 Å². The van der Waals surface area contributed by atoms with Crippen LogP contribution in [0.15, 0.2) is 0 Å². The van der Waals surface area contributed by atoms with Crippen LogP contribution < -0.4 is 14.7 Å². The van der Waals surface area contributed by atoms with Gasteiger partial charge in [-0.1, -0.05) is 0 Å². The van der Waals surface area contributed by atoms with Gasteiger partial charge in [0.1, 0.15) is 0 Å². The second-order valence-corrected chi connectivity index (χ2v) is 1.34. The average molecular weight is 229 g/mol. The second kappa shape index (κ2) is 8.06. The van der Waals surface area contributed by atoms with E-state index in [1.54, 1.807) is 0 Å². The molecule has 0 aliphatic heterocycles. The summed E-state index contributed by atoms with van der Waals surface area (Å²) in [6, 6.07) is 0. The first-order chi connectivity index (χ1) is 2.00. The van der Waals surface area contributed by atoms with Crippen LogP contribution >= 0.6 is 7.82 Å². The molecule has 0 fully saturated rings. The molecule has 56 valence electrons. The molecule has 0 amide bonds. The zero-order valence-corrected chi connectivity index (χ0v) is 6.03. The van der Waals surface area contributed by atoms with Crippen LogP contribution in [0.5, 0.6) is 0 Å². The van der Waals surface area contributed by atoms with Crippen LogP contribution in [0.4, 0.5) is 0 Å². The number of hydrogen-bond acceptors (Lipinski definition) is 5. The van der Waals surface area contributed by atoms with Gasteiger partial charge in [0.25, 0.3) is 0 Å². The molecule has 0 saturated heterocycles. The van der Waals surface area contributed by atoms with Crippen molar-refractivity contribution in [3.05, 3.63) is 0 Å². The Bertz CT molecular complexity index is 56.6. The van der Waals surface area contributed by atoms with E-state index in [1.807, 2.05) is 0 Å². The summed E-state index contributed by atoms with van der Waals surface area (Å²) in [7, 11) is -5.39. The first-order valence-electron chi connectivity index (χ1n) is 0.730. The van der Waals surface area contributed by atoms with Crippen LogP contribution in [-0.4, -0.2) is 5.48 Å². The van der Waals surface area contributed by atoms with Crippen LogP contribution in [0.1, 0.15) is 0 Å². The summed E-state index contributed by atoms with van der Waals surface area (Å²) in [5.74, 6) is 0. The maximum atomic E-state index is 8.55. The minimum absolute atomic E-state index is 0. The third-order valence-electron chi connectivity index (χ3n) is 0. The van der Waals surface area contributed by atoms with Crippen molar-refractivity contribution in [1.29, 1.82) is 0 Å². The van der Waals surface area contributed by atoms with Gasteiger partial charge in [-0.25, -0.2) is 0 Å². The van der Waals surface area contributed by atoms with Crippen LogP contribution in [0, 0.1) is 0 Å². The van der Waals surface area contributed by atoms with Gasteiger partial charge in [0.15, 0.2) is 0 Å². The number of rotatable bonds is 0. The maximum absolute atomic E-state index is 8.55. The SMILES string of the molecule is O=P([O-])([O-])[O-].[Ni+2].[Ni+2].[OH-]. The van der Waals surface area contributed by atoms with E-state index in [0.717, 1.165) is 0 Å². The van der Waals surface area contributed by atoms with Gasteiger partial charge in [0.05, 0.1) is 0 Å². The Morgan fingerprint density at radius 1 is 1.00 bits per heavy atom. The molecule has 0 aromatic carbocycles. The van der Waals surface area contributed by atoms with E-state index in [1.165, 1.54) is 0 Å². The third-order valence-corrected chi connectivity index (χ3v) is 0. The molecule has 0 aromatic heterocycles. The molecule has 8 heteroatoms. The molecule has 0 spiro atoms. The summed E-state index contributed by atoms with van der Waals surface area (Å²) < 4.78 is 8.55. The van der Waals surface area contributed by atoms with Crippen molar-refractivity contribution in [2.24, 2.45) is 0 Å². The predicted octanol–water partition coefficient (Wildman–Crippen LogP) is -3.01. The van der Waals surface area contributed by atoms with Gasteiger partial charge < -0.3 is 24.7 Å². The summed E-state index contributed by atoms with van der Waals surface area (Å²) in [6.45, 7) is 0. The van der Waals surface area contributed by atoms with Gasteiger partial charge in [0, 0.05) is 0 Å². The van der Waals surface area contributed by atoms with E-state index < -0.39 is 7.82 Å². The van der Waals surface area contributed by atoms with Gasteiger partial charge in [-0.3, -0.25) is 0 Å². The Balaban J connectivity index is -0.0000000267.